The smallest absolute Gasteiger partial charge is 0.258 e. The fourth-order valence-corrected chi connectivity index (χ4v) is 2.53. The van der Waals surface area contributed by atoms with Crippen molar-refractivity contribution in [1.82, 2.24) is 9.55 Å². The SMILES string of the molecule is CCc1nc(N)n(CC(=O)Nc2ccc3c(c2)OCO3)c(=O)c1C. The molecule has 0 bridgehead atoms. The number of hydrogen-bond acceptors (Lipinski definition) is 6. The van der Waals surface area contributed by atoms with Gasteiger partial charge in [-0.1, -0.05) is 6.92 Å². The maximum atomic E-state index is 12.3. The molecule has 0 radical (unpaired) electrons. The van der Waals surface area contributed by atoms with E-state index < -0.39 is 0 Å². The highest BCUT2D eigenvalue weighted by atomic mass is 16.7. The van der Waals surface area contributed by atoms with Crippen molar-refractivity contribution in [3.63, 3.8) is 0 Å². The van der Waals surface area contributed by atoms with E-state index in [2.05, 4.69) is 10.3 Å². The Morgan fingerprint density at radius 3 is 2.88 bits per heavy atom. The first-order chi connectivity index (χ1) is 11.5. The number of nitrogens with one attached hydrogen (secondary N) is 1. The molecule has 0 fully saturated rings. The first-order valence-electron chi connectivity index (χ1n) is 7.55. The van der Waals surface area contributed by atoms with Crippen molar-refractivity contribution in [2.45, 2.75) is 26.8 Å². The summed E-state index contributed by atoms with van der Waals surface area (Å²) in [4.78, 5) is 28.7. The van der Waals surface area contributed by atoms with Gasteiger partial charge in [-0.3, -0.25) is 14.2 Å². The van der Waals surface area contributed by atoms with Crippen LogP contribution in [0, 0.1) is 6.92 Å². The summed E-state index contributed by atoms with van der Waals surface area (Å²) in [6, 6.07) is 5.07. The van der Waals surface area contributed by atoms with E-state index in [-0.39, 0.29) is 30.8 Å². The third kappa shape index (κ3) is 2.90. The van der Waals surface area contributed by atoms with Crippen molar-refractivity contribution in [2.75, 3.05) is 17.8 Å². The van der Waals surface area contributed by atoms with Crippen LogP contribution < -0.4 is 26.1 Å². The van der Waals surface area contributed by atoms with E-state index >= 15 is 0 Å². The van der Waals surface area contributed by atoms with Gasteiger partial charge in [-0.15, -0.1) is 0 Å². The molecule has 0 atom stereocenters. The molecule has 0 aliphatic carbocycles. The largest absolute Gasteiger partial charge is 0.454 e. The Kier molecular flexibility index (Phi) is 4.11. The second-order valence-corrected chi connectivity index (χ2v) is 5.40. The number of rotatable bonds is 4. The third-order valence-electron chi connectivity index (χ3n) is 3.82. The van der Waals surface area contributed by atoms with Crippen molar-refractivity contribution in [3.05, 3.63) is 39.8 Å². The van der Waals surface area contributed by atoms with Crippen LogP contribution in [0.1, 0.15) is 18.2 Å². The van der Waals surface area contributed by atoms with E-state index in [1.807, 2.05) is 6.92 Å². The molecular formula is C16H18N4O4. The predicted octanol–water partition coefficient (Wildman–Crippen LogP) is 1.06. The second-order valence-electron chi connectivity index (χ2n) is 5.40. The number of nitrogens with two attached hydrogens (primary N) is 1. The molecule has 8 heteroatoms. The minimum Gasteiger partial charge on any atom is -0.454 e. The number of benzene rings is 1. The Morgan fingerprint density at radius 1 is 1.38 bits per heavy atom. The van der Waals surface area contributed by atoms with Crippen LogP contribution in [0.5, 0.6) is 11.5 Å². The summed E-state index contributed by atoms with van der Waals surface area (Å²) in [7, 11) is 0. The van der Waals surface area contributed by atoms with Crippen molar-refractivity contribution >= 4 is 17.5 Å². The summed E-state index contributed by atoms with van der Waals surface area (Å²) >= 11 is 0. The topological polar surface area (TPSA) is 108 Å². The molecule has 0 unspecified atom stereocenters. The average Bonchev–Trinajstić information content (AvgIpc) is 3.02. The van der Waals surface area contributed by atoms with Crippen LogP contribution in [0.2, 0.25) is 0 Å². The number of nitrogens with zero attached hydrogens (tertiary/aromatic N) is 2. The molecule has 0 spiro atoms. The zero-order valence-corrected chi connectivity index (χ0v) is 13.5. The lowest BCUT2D eigenvalue weighted by molar-refractivity contribution is -0.116. The molecule has 0 saturated carbocycles. The summed E-state index contributed by atoms with van der Waals surface area (Å²) < 4.78 is 11.6. The zero-order valence-electron chi connectivity index (χ0n) is 13.5. The number of carbonyl (C=O) groups is 1. The van der Waals surface area contributed by atoms with Gasteiger partial charge in [0.15, 0.2) is 11.5 Å². The van der Waals surface area contributed by atoms with Gasteiger partial charge >= 0.3 is 0 Å². The van der Waals surface area contributed by atoms with Gasteiger partial charge in [0.05, 0.1) is 5.69 Å². The quantitative estimate of drug-likeness (QED) is 0.868. The molecule has 1 aliphatic heterocycles. The van der Waals surface area contributed by atoms with Crippen LogP contribution >= 0.6 is 0 Å². The fourth-order valence-electron chi connectivity index (χ4n) is 2.53. The van der Waals surface area contributed by atoms with E-state index in [1.165, 1.54) is 0 Å². The predicted molar refractivity (Wildman–Crippen MR) is 88.2 cm³/mol. The van der Waals surface area contributed by atoms with Crippen LogP contribution in [0.3, 0.4) is 0 Å². The van der Waals surface area contributed by atoms with Gasteiger partial charge in [-0.2, -0.15) is 0 Å². The molecule has 0 saturated heterocycles. The molecule has 8 nitrogen and oxygen atoms in total. The maximum Gasteiger partial charge on any atom is 0.258 e. The number of hydrogen-bond donors (Lipinski definition) is 2. The lowest BCUT2D eigenvalue weighted by atomic mass is 10.2. The van der Waals surface area contributed by atoms with Gasteiger partial charge in [0.25, 0.3) is 5.56 Å². The van der Waals surface area contributed by atoms with E-state index in [0.717, 1.165) is 4.57 Å². The summed E-state index contributed by atoms with van der Waals surface area (Å²) in [6.07, 6.45) is 0.607. The first-order valence-corrected chi connectivity index (χ1v) is 7.55. The highest BCUT2D eigenvalue weighted by Gasteiger charge is 2.16. The van der Waals surface area contributed by atoms with Gasteiger partial charge in [0.1, 0.15) is 6.54 Å². The van der Waals surface area contributed by atoms with Crippen molar-refractivity contribution < 1.29 is 14.3 Å². The Balaban J connectivity index is 1.78. The molecule has 2 heterocycles. The maximum absolute atomic E-state index is 12.3. The second kappa shape index (κ2) is 6.23. The lowest BCUT2D eigenvalue weighted by Gasteiger charge is -2.12. The highest BCUT2D eigenvalue weighted by Crippen LogP contribution is 2.34. The summed E-state index contributed by atoms with van der Waals surface area (Å²) in [5.41, 5.74) is 7.20. The number of carbonyl (C=O) groups excluding carboxylic acids is 1. The number of aromatic nitrogens is 2. The molecule has 3 N–H and O–H groups in total. The molecule has 126 valence electrons. The van der Waals surface area contributed by atoms with E-state index in [4.69, 9.17) is 15.2 Å². The number of nitrogen functional groups attached to an aromatic ring is 1. The monoisotopic (exact) mass is 330 g/mol. The number of anilines is 2. The van der Waals surface area contributed by atoms with Crippen molar-refractivity contribution in [2.24, 2.45) is 0 Å². The molecule has 24 heavy (non-hydrogen) atoms. The standard InChI is InChI=1S/C16H18N4O4/c1-3-11-9(2)15(22)20(16(17)19-11)7-14(21)18-10-4-5-12-13(6-10)24-8-23-12/h4-6H,3,7-8H2,1-2H3,(H2,17,19)(H,18,21). The van der Waals surface area contributed by atoms with Gasteiger partial charge in [0.2, 0.25) is 18.6 Å². The number of aryl methyl sites for hydroxylation is 1. The van der Waals surface area contributed by atoms with Gasteiger partial charge in [-0.05, 0) is 25.5 Å². The van der Waals surface area contributed by atoms with Crippen LogP contribution in [-0.2, 0) is 17.8 Å². The van der Waals surface area contributed by atoms with Gasteiger partial charge in [0, 0.05) is 17.3 Å². The molecule has 1 aromatic carbocycles. The number of amides is 1. The van der Waals surface area contributed by atoms with Crippen molar-refractivity contribution in [1.29, 1.82) is 0 Å². The molecule has 1 aromatic heterocycles. The molecule has 1 amide bonds. The number of fused-ring (bicyclic) bond motifs is 1. The normalized spacial score (nSPS) is 12.2. The minimum atomic E-state index is -0.381. The fraction of sp³-hybridized carbons (Fsp3) is 0.312. The molecule has 3 rings (SSSR count). The first kappa shape index (κ1) is 15.9. The van der Waals surface area contributed by atoms with Crippen LogP contribution in [0.25, 0.3) is 0 Å². The Morgan fingerprint density at radius 2 is 2.12 bits per heavy atom. The average molecular weight is 330 g/mol. The summed E-state index contributed by atoms with van der Waals surface area (Å²) in [5, 5.41) is 2.71. The number of ether oxygens (including phenoxy) is 2. The Bertz CT molecular complexity index is 860. The summed E-state index contributed by atoms with van der Waals surface area (Å²) in [5.74, 6) is 0.842. The highest BCUT2D eigenvalue weighted by molar-refractivity contribution is 5.91. The van der Waals surface area contributed by atoms with E-state index in [9.17, 15) is 9.59 Å². The van der Waals surface area contributed by atoms with Crippen molar-refractivity contribution in [3.8, 4) is 11.5 Å². The summed E-state index contributed by atoms with van der Waals surface area (Å²) in [6.45, 7) is 3.52. The van der Waals surface area contributed by atoms with Crippen LogP contribution in [0.4, 0.5) is 11.6 Å². The van der Waals surface area contributed by atoms with E-state index in [1.54, 1.807) is 25.1 Å². The Hall–Kier alpha value is -3.03. The van der Waals surface area contributed by atoms with Crippen LogP contribution in [0.15, 0.2) is 23.0 Å². The molecule has 1 aliphatic rings. The lowest BCUT2D eigenvalue weighted by Crippen LogP contribution is -2.32. The minimum absolute atomic E-state index is 0.0308. The molecule has 2 aromatic rings. The molecular weight excluding hydrogens is 312 g/mol. The Labute approximate surface area is 138 Å². The van der Waals surface area contributed by atoms with Gasteiger partial charge in [-0.25, -0.2) is 4.98 Å². The van der Waals surface area contributed by atoms with Gasteiger partial charge < -0.3 is 20.5 Å². The van der Waals surface area contributed by atoms with Crippen LogP contribution in [-0.4, -0.2) is 22.3 Å². The third-order valence-corrected chi connectivity index (χ3v) is 3.82. The zero-order chi connectivity index (χ0) is 17.3. The van der Waals surface area contributed by atoms with E-state index in [0.29, 0.717) is 34.9 Å².